The van der Waals surface area contributed by atoms with E-state index in [-0.39, 0.29) is 11.7 Å². The number of carbonyl (C=O) groups is 1. The number of rotatable bonds is 3. The van der Waals surface area contributed by atoms with Gasteiger partial charge in [0.2, 0.25) is 0 Å². The van der Waals surface area contributed by atoms with Crippen molar-refractivity contribution in [3.63, 3.8) is 0 Å². The fourth-order valence-corrected chi connectivity index (χ4v) is 2.60. The van der Waals surface area contributed by atoms with Crippen LogP contribution in [0.1, 0.15) is 5.56 Å². The zero-order valence-corrected chi connectivity index (χ0v) is 13.1. The van der Waals surface area contributed by atoms with E-state index in [2.05, 4.69) is 5.32 Å². The van der Waals surface area contributed by atoms with Gasteiger partial charge in [-0.2, -0.15) is 0 Å². The zero-order valence-electron chi connectivity index (χ0n) is 12.3. The SMILES string of the molecule is COc1cc(/C=C2\NC(=S)N(c3ccccc3)C2=O)ccc1O. The number of anilines is 1. The van der Waals surface area contributed by atoms with Crippen LogP contribution in [0.4, 0.5) is 5.69 Å². The summed E-state index contributed by atoms with van der Waals surface area (Å²) in [5.41, 5.74) is 1.79. The maximum atomic E-state index is 12.6. The van der Waals surface area contributed by atoms with E-state index in [0.717, 1.165) is 0 Å². The molecule has 0 spiro atoms. The summed E-state index contributed by atoms with van der Waals surface area (Å²) >= 11 is 5.25. The molecule has 0 bridgehead atoms. The molecule has 0 atom stereocenters. The van der Waals surface area contributed by atoms with Gasteiger partial charge in [-0.3, -0.25) is 9.69 Å². The average molecular weight is 326 g/mol. The van der Waals surface area contributed by atoms with Gasteiger partial charge in [-0.1, -0.05) is 24.3 Å². The third-order valence-corrected chi connectivity index (χ3v) is 3.69. The summed E-state index contributed by atoms with van der Waals surface area (Å²) in [4.78, 5) is 14.0. The molecular formula is C17H14N2O3S. The molecule has 116 valence electrons. The first-order valence-corrected chi connectivity index (χ1v) is 7.30. The van der Waals surface area contributed by atoms with Gasteiger partial charge in [-0.25, -0.2) is 0 Å². The molecule has 6 heteroatoms. The second kappa shape index (κ2) is 6.10. The summed E-state index contributed by atoms with van der Waals surface area (Å²) < 4.78 is 5.07. The van der Waals surface area contributed by atoms with E-state index >= 15 is 0 Å². The lowest BCUT2D eigenvalue weighted by atomic mass is 10.1. The second-order valence-corrected chi connectivity index (χ2v) is 5.28. The molecule has 1 heterocycles. The van der Waals surface area contributed by atoms with Crippen LogP contribution in [0.25, 0.3) is 6.08 Å². The Labute approximate surface area is 138 Å². The van der Waals surface area contributed by atoms with Crippen molar-refractivity contribution in [3.05, 3.63) is 59.8 Å². The third kappa shape index (κ3) is 2.89. The number of hydrogen-bond donors (Lipinski definition) is 2. The molecule has 0 unspecified atom stereocenters. The van der Waals surface area contributed by atoms with E-state index in [4.69, 9.17) is 17.0 Å². The van der Waals surface area contributed by atoms with E-state index in [1.54, 1.807) is 18.2 Å². The highest BCUT2D eigenvalue weighted by molar-refractivity contribution is 7.80. The van der Waals surface area contributed by atoms with Gasteiger partial charge in [0.15, 0.2) is 16.6 Å². The largest absolute Gasteiger partial charge is 0.504 e. The van der Waals surface area contributed by atoms with Crippen molar-refractivity contribution >= 4 is 35.0 Å². The first-order valence-electron chi connectivity index (χ1n) is 6.89. The van der Waals surface area contributed by atoms with E-state index < -0.39 is 0 Å². The standard InChI is InChI=1S/C17H14N2O3S/c1-22-15-10-11(7-8-14(15)20)9-13-16(21)19(17(23)18-13)12-5-3-2-4-6-12/h2-10,20H,1H3,(H,18,23)/b13-9-. The summed E-state index contributed by atoms with van der Waals surface area (Å²) in [5, 5.41) is 12.9. The molecule has 5 nitrogen and oxygen atoms in total. The topological polar surface area (TPSA) is 61.8 Å². The predicted molar refractivity (Wildman–Crippen MR) is 92.3 cm³/mol. The van der Waals surface area contributed by atoms with Crippen LogP contribution in [0.15, 0.2) is 54.2 Å². The highest BCUT2D eigenvalue weighted by Gasteiger charge is 2.31. The monoisotopic (exact) mass is 326 g/mol. The molecule has 1 saturated heterocycles. The average Bonchev–Trinajstić information content (AvgIpc) is 2.84. The van der Waals surface area contributed by atoms with Crippen molar-refractivity contribution in [2.24, 2.45) is 0 Å². The molecule has 0 radical (unpaired) electrons. The van der Waals surface area contributed by atoms with Crippen molar-refractivity contribution in [1.82, 2.24) is 5.32 Å². The quantitative estimate of drug-likeness (QED) is 0.671. The Morgan fingerprint density at radius 1 is 1.22 bits per heavy atom. The van der Waals surface area contributed by atoms with Gasteiger partial charge in [-0.15, -0.1) is 0 Å². The number of benzene rings is 2. The zero-order chi connectivity index (χ0) is 16.4. The van der Waals surface area contributed by atoms with Crippen molar-refractivity contribution in [3.8, 4) is 11.5 Å². The molecule has 2 N–H and O–H groups in total. The van der Waals surface area contributed by atoms with Crippen LogP contribution in [0.2, 0.25) is 0 Å². The van der Waals surface area contributed by atoms with Crippen LogP contribution in [0, 0.1) is 0 Å². The van der Waals surface area contributed by atoms with Gasteiger partial charge < -0.3 is 15.2 Å². The molecule has 0 saturated carbocycles. The molecule has 2 aromatic carbocycles. The fraction of sp³-hybridized carbons (Fsp3) is 0.0588. The Bertz CT molecular complexity index is 803. The van der Waals surface area contributed by atoms with Crippen molar-refractivity contribution < 1.29 is 14.6 Å². The first kappa shape index (κ1) is 15.1. The number of phenolic OH excluding ortho intramolecular Hbond substituents is 1. The van der Waals surface area contributed by atoms with E-state index in [1.165, 1.54) is 18.1 Å². The number of methoxy groups -OCH3 is 1. The molecule has 23 heavy (non-hydrogen) atoms. The highest BCUT2D eigenvalue weighted by Crippen LogP contribution is 2.28. The summed E-state index contributed by atoms with van der Waals surface area (Å²) in [7, 11) is 1.47. The number of aromatic hydroxyl groups is 1. The van der Waals surface area contributed by atoms with Crippen LogP contribution in [-0.2, 0) is 4.79 Å². The maximum Gasteiger partial charge on any atom is 0.281 e. The number of phenols is 1. The maximum absolute atomic E-state index is 12.6. The molecule has 1 fully saturated rings. The lowest BCUT2D eigenvalue weighted by Gasteiger charge is -2.13. The smallest absolute Gasteiger partial charge is 0.281 e. The van der Waals surface area contributed by atoms with Gasteiger partial charge >= 0.3 is 0 Å². The first-order chi connectivity index (χ1) is 11.1. The Morgan fingerprint density at radius 3 is 2.65 bits per heavy atom. The molecular weight excluding hydrogens is 312 g/mol. The van der Waals surface area contributed by atoms with Crippen molar-refractivity contribution in [1.29, 1.82) is 0 Å². The van der Waals surface area contributed by atoms with Crippen LogP contribution in [0.3, 0.4) is 0 Å². The third-order valence-electron chi connectivity index (χ3n) is 3.41. The van der Waals surface area contributed by atoms with E-state index in [9.17, 15) is 9.90 Å². The van der Waals surface area contributed by atoms with E-state index in [0.29, 0.717) is 27.8 Å². The minimum atomic E-state index is -0.228. The Kier molecular flexibility index (Phi) is 3.99. The number of thiocarbonyl (C=S) groups is 1. The lowest BCUT2D eigenvalue weighted by molar-refractivity contribution is -0.113. The summed E-state index contributed by atoms with van der Waals surface area (Å²) in [6, 6.07) is 14.0. The van der Waals surface area contributed by atoms with Gasteiger partial charge in [0.25, 0.3) is 5.91 Å². The molecule has 0 aromatic heterocycles. The van der Waals surface area contributed by atoms with Gasteiger partial charge in [0.05, 0.1) is 12.8 Å². The Hall–Kier alpha value is -2.86. The number of para-hydroxylation sites is 1. The minimum absolute atomic E-state index is 0.0433. The van der Waals surface area contributed by atoms with Gasteiger partial charge in [0.1, 0.15) is 5.70 Å². The molecule has 1 aliphatic rings. The van der Waals surface area contributed by atoms with Gasteiger partial charge in [-0.05, 0) is 48.1 Å². The van der Waals surface area contributed by atoms with Crippen molar-refractivity contribution in [2.45, 2.75) is 0 Å². The fourth-order valence-electron chi connectivity index (χ4n) is 2.30. The molecule has 0 aliphatic carbocycles. The minimum Gasteiger partial charge on any atom is -0.504 e. The van der Waals surface area contributed by atoms with Crippen LogP contribution >= 0.6 is 12.2 Å². The number of ether oxygens (including phenoxy) is 1. The predicted octanol–water partition coefficient (Wildman–Crippen LogP) is 2.66. The van der Waals surface area contributed by atoms with Crippen LogP contribution in [-0.4, -0.2) is 23.2 Å². The lowest BCUT2D eigenvalue weighted by Crippen LogP contribution is -2.30. The Balaban J connectivity index is 1.93. The molecule has 2 aromatic rings. The number of hydrogen-bond acceptors (Lipinski definition) is 4. The number of nitrogens with one attached hydrogen (secondary N) is 1. The summed E-state index contributed by atoms with van der Waals surface area (Å²) in [5.74, 6) is 0.155. The second-order valence-electron chi connectivity index (χ2n) is 4.90. The van der Waals surface area contributed by atoms with Crippen molar-refractivity contribution in [2.75, 3.05) is 12.0 Å². The van der Waals surface area contributed by atoms with Gasteiger partial charge in [0, 0.05) is 0 Å². The van der Waals surface area contributed by atoms with E-state index in [1.807, 2.05) is 30.3 Å². The normalized spacial score (nSPS) is 15.9. The number of amides is 1. The van der Waals surface area contributed by atoms with Crippen LogP contribution in [0.5, 0.6) is 11.5 Å². The van der Waals surface area contributed by atoms with Crippen LogP contribution < -0.4 is 15.0 Å². The molecule has 1 amide bonds. The number of carbonyl (C=O) groups excluding carboxylic acids is 1. The summed E-state index contributed by atoms with van der Waals surface area (Å²) in [6.07, 6.45) is 1.67. The summed E-state index contributed by atoms with van der Waals surface area (Å²) in [6.45, 7) is 0. The Morgan fingerprint density at radius 2 is 1.96 bits per heavy atom. The molecule has 3 rings (SSSR count). The highest BCUT2D eigenvalue weighted by atomic mass is 32.1. The number of nitrogens with zero attached hydrogens (tertiary/aromatic N) is 1. The molecule has 1 aliphatic heterocycles.